The summed E-state index contributed by atoms with van der Waals surface area (Å²) in [4.78, 5) is 2.41. The van der Waals surface area contributed by atoms with E-state index in [-0.39, 0.29) is 14.3 Å². The lowest BCUT2D eigenvalue weighted by Crippen LogP contribution is -2.32. The van der Waals surface area contributed by atoms with Gasteiger partial charge in [0, 0.05) is 35.0 Å². The number of benzene rings is 9. The Hall–Kier alpha value is -7.42. The SMILES string of the molecule is C.CC1(C)c2ccccc2-c2ccc(N(c3ccc(-c4ccccc4)cc3)c3ccc(-c4cccc5c4C4(c6ccccc6Oc6ccccc64)c4ccccc4-5)cc3)cc21.[HH]. The quantitative estimate of drug-likeness (QED) is 0.172. The third-order valence-electron chi connectivity index (χ3n) is 13.4. The van der Waals surface area contributed by atoms with Crippen LogP contribution in [0.3, 0.4) is 0 Å². The summed E-state index contributed by atoms with van der Waals surface area (Å²) in [5.41, 5.74) is 20.3. The second-order valence-electron chi connectivity index (χ2n) is 16.8. The number of hydrogen-bond acceptors (Lipinski definition) is 2. The van der Waals surface area contributed by atoms with E-state index in [4.69, 9.17) is 4.74 Å². The van der Waals surface area contributed by atoms with Crippen LogP contribution in [0.25, 0.3) is 44.5 Å². The van der Waals surface area contributed by atoms with Crippen molar-refractivity contribution in [2.75, 3.05) is 4.90 Å². The molecule has 0 N–H and O–H groups in total. The molecule has 0 amide bonds. The molecule has 2 nitrogen and oxygen atoms in total. The lowest BCUT2D eigenvalue weighted by atomic mass is 9.64. The van der Waals surface area contributed by atoms with Crippen LogP contribution in [0.15, 0.2) is 212 Å². The molecule has 0 aromatic heterocycles. The van der Waals surface area contributed by atoms with E-state index in [2.05, 4.69) is 231 Å². The minimum atomic E-state index is -0.548. The smallest absolute Gasteiger partial charge is 0.132 e. The van der Waals surface area contributed by atoms with Gasteiger partial charge in [0.2, 0.25) is 0 Å². The van der Waals surface area contributed by atoms with Crippen LogP contribution < -0.4 is 9.64 Å². The molecule has 0 fully saturated rings. The van der Waals surface area contributed by atoms with Crippen LogP contribution in [0.2, 0.25) is 0 Å². The van der Waals surface area contributed by atoms with Gasteiger partial charge in [0.15, 0.2) is 0 Å². The maximum atomic E-state index is 6.65. The van der Waals surface area contributed by atoms with Crippen molar-refractivity contribution in [3.05, 3.63) is 246 Å². The third-order valence-corrected chi connectivity index (χ3v) is 13.4. The van der Waals surface area contributed by atoms with Gasteiger partial charge in [-0.1, -0.05) is 185 Å². The summed E-state index contributed by atoms with van der Waals surface area (Å²) >= 11 is 0. The molecule has 12 rings (SSSR count). The van der Waals surface area contributed by atoms with Crippen LogP contribution in [0.5, 0.6) is 11.5 Å². The molecule has 2 heteroatoms. The van der Waals surface area contributed by atoms with Crippen molar-refractivity contribution in [3.63, 3.8) is 0 Å². The molecule has 0 unspecified atom stereocenters. The monoisotopic (exact) mass is 785 g/mol. The topological polar surface area (TPSA) is 12.5 Å². The van der Waals surface area contributed by atoms with Crippen LogP contribution in [0, 0.1) is 0 Å². The fourth-order valence-electron chi connectivity index (χ4n) is 10.7. The predicted molar refractivity (Wildman–Crippen MR) is 256 cm³/mol. The second-order valence-corrected chi connectivity index (χ2v) is 16.8. The number of rotatable bonds is 5. The lowest BCUT2D eigenvalue weighted by Gasteiger charge is -2.40. The molecule has 1 aliphatic heterocycles. The molecule has 2 aliphatic carbocycles. The van der Waals surface area contributed by atoms with Crippen molar-refractivity contribution < 1.29 is 6.16 Å². The van der Waals surface area contributed by atoms with Crippen molar-refractivity contribution in [1.29, 1.82) is 0 Å². The van der Waals surface area contributed by atoms with E-state index in [1.807, 2.05) is 0 Å². The Balaban J connectivity index is 0.00000229. The molecule has 9 aromatic carbocycles. The van der Waals surface area contributed by atoms with Gasteiger partial charge in [-0.15, -0.1) is 0 Å². The Morgan fingerprint density at radius 3 is 1.48 bits per heavy atom. The largest absolute Gasteiger partial charge is 0.457 e. The van der Waals surface area contributed by atoms with Crippen molar-refractivity contribution in [3.8, 4) is 56.0 Å². The Labute approximate surface area is 360 Å². The first-order chi connectivity index (χ1) is 29.5. The van der Waals surface area contributed by atoms with Crippen molar-refractivity contribution in [2.24, 2.45) is 0 Å². The molecule has 294 valence electrons. The molecule has 0 saturated carbocycles. The van der Waals surface area contributed by atoms with Crippen LogP contribution in [0.1, 0.15) is 56.1 Å². The highest BCUT2D eigenvalue weighted by atomic mass is 16.5. The summed E-state index contributed by atoms with van der Waals surface area (Å²) in [5.74, 6) is 1.80. The molecule has 0 saturated heterocycles. The van der Waals surface area contributed by atoms with E-state index >= 15 is 0 Å². The molecule has 61 heavy (non-hydrogen) atoms. The van der Waals surface area contributed by atoms with E-state index in [0.717, 1.165) is 28.6 Å². The van der Waals surface area contributed by atoms with Crippen molar-refractivity contribution in [2.45, 2.75) is 32.1 Å². The molecule has 1 heterocycles. The zero-order valence-corrected chi connectivity index (χ0v) is 33.6. The minimum absolute atomic E-state index is 0. The summed E-state index contributed by atoms with van der Waals surface area (Å²) in [6, 6.07) is 77.7. The number of hydrogen-bond donors (Lipinski definition) is 0. The van der Waals surface area contributed by atoms with Crippen LogP contribution in [-0.2, 0) is 10.8 Å². The Bertz CT molecular complexity index is 3100. The molecule has 0 bridgehead atoms. The van der Waals surface area contributed by atoms with Crippen molar-refractivity contribution >= 4 is 17.1 Å². The predicted octanol–water partition coefficient (Wildman–Crippen LogP) is 16.1. The van der Waals surface area contributed by atoms with Crippen LogP contribution in [0.4, 0.5) is 17.1 Å². The molecule has 9 aromatic rings. The standard InChI is InChI=1S/C58H41NO.CH4.H2/c1-57(2)49-21-8-6-17-45(49)47-36-35-43(37-53(47)57)59(41-31-27-39(28-32-41)38-15-4-3-5-16-38)42-33-29-40(30-34-42)44-19-14-20-48-46-18-7-9-22-50(46)58(56(44)48)51-23-10-12-25-54(51)60-55-26-13-11-24-52(55)58;;/h3-37H,1-2H3;1H4;1H. The zero-order chi connectivity index (χ0) is 40.0. The maximum absolute atomic E-state index is 6.65. The minimum Gasteiger partial charge on any atom is -0.457 e. The average molecular weight is 786 g/mol. The average Bonchev–Trinajstić information content (AvgIpc) is 3.73. The van der Waals surface area contributed by atoms with Gasteiger partial charge in [-0.3, -0.25) is 0 Å². The van der Waals surface area contributed by atoms with Crippen molar-refractivity contribution in [1.82, 2.24) is 0 Å². The van der Waals surface area contributed by atoms with Gasteiger partial charge in [0.25, 0.3) is 0 Å². The highest BCUT2D eigenvalue weighted by molar-refractivity contribution is 5.95. The zero-order valence-electron chi connectivity index (χ0n) is 33.6. The summed E-state index contributed by atoms with van der Waals surface area (Å²) in [7, 11) is 0. The number of anilines is 3. The van der Waals surface area contributed by atoms with E-state index in [0.29, 0.717) is 0 Å². The summed E-state index contributed by atoms with van der Waals surface area (Å²) in [6.07, 6.45) is 0. The molecular weight excluding hydrogens is 739 g/mol. The van der Waals surface area contributed by atoms with E-state index in [1.54, 1.807) is 0 Å². The Morgan fingerprint density at radius 1 is 0.361 bits per heavy atom. The van der Waals surface area contributed by atoms with Gasteiger partial charge >= 0.3 is 0 Å². The summed E-state index contributed by atoms with van der Waals surface area (Å²) in [6.45, 7) is 4.71. The van der Waals surface area contributed by atoms with E-state index in [9.17, 15) is 0 Å². The molecular formula is C59H47NO. The first-order valence-corrected chi connectivity index (χ1v) is 20.9. The third kappa shape index (κ3) is 5.28. The highest BCUT2D eigenvalue weighted by Gasteiger charge is 2.52. The summed E-state index contributed by atoms with van der Waals surface area (Å²) < 4.78 is 6.65. The Morgan fingerprint density at radius 2 is 0.820 bits per heavy atom. The lowest BCUT2D eigenvalue weighted by molar-refractivity contribution is 0.436. The highest BCUT2D eigenvalue weighted by Crippen LogP contribution is 2.64. The van der Waals surface area contributed by atoms with Gasteiger partial charge in [0.05, 0.1) is 5.41 Å². The molecule has 1 spiro atoms. The molecule has 0 radical (unpaired) electrons. The molecule has 0 atom stereocenters. The van der Waals surface area contributed by atoms with Gasteiger partial charge in [-0.2, -0.15) is 0 Å². The maximum Gasteiger partial charge on any atom is 0.132 e. The van der Waals surface area contributed by atoms with Gasteiger partial charge in [-0.05, 0) is 115 Å². The van der Waals surface area contributed by atoms with E-state index in [1.165, 1.54) is 77.9 Å². The van der Waals surface area contributed by atoms with Gasteiger partial charge in [0.1, 0.15) is 11.5 Å². The second kappa shape index (κ2) is 13.8. The fourth-order valence-corrected chi connectivity index (χ4v) is 10.7. The number of ether oxygens (including phenoxy) is 1. The molecule has 3 aliphatic rings. The summed E-state index contributed by atoms with van der Waals surface area (Å²) in [5, 5.41) is 0. The Kier molecular flexibility index (Phi) is 8.31. The van der Waals surface area contributed by atoms with E-state index < -0.39 is 5.41 Å². The number of fused-ring (bicyclic) bond motifs is 12. The first kappa shape index (κ1) is 36.6. The van der Waals surface area contributed by atoms with Gasteiger partial charge in [-0.25, -0.2) is 0 Å². The number of para-hydroxylation sites is 2. The van der Waals surface area contributed by atoms with Crippen LogP contribution in [-0.4, -0.2) is 0 Å². The number of nitrogens with zero attached hydrogens (tertiary/aromatic N) is 1. The fraction of sp³-hybridized carbons (Fsp3) is 0.0847. The first-order valence-electron chi connectivity index (χ1n) is 20.9. The van der Waals surface area contributed by atoms with Crippen LogP contribution >= 0.6 is 0 Å². The van der Waals surface area contributed by atoms with Gasteiger partial charge < -0.3 is 9.64 Å². The normalized spacial score (nSPS) is 14.0.